The molecule has 1 N–H and O–H groups in total. The molecule has 2 rings (SSSR count). The molecule has 2 heterocycles. The van der Waals surface area contributed by atoms with Crippen molar-refractivity contribution in [2.45, 2.75) is 97.9 Å². The van der Waals surface area contributed by atoms with Gasteiger partial charge in [0.25, 0.3) is 8.53 Å². The molecule has 1 aliphatic heterocycles. The van der Waals surface area contributed by atoms with Gasteiger partial charge in [-0.1, -0.05) is 25.6 Å². The van der Waals surface area contributed by atoms with E-state index in [1.165, 1.54) is 35.5 Å². The third kappa shape index (κ3) is 9.86. The molecule has 0 saturated carbocycles. The van der Waals surface area contributed by atoms with E-state index >= 15 is 0 Å². The predicted octanol–water partition coefficient (Wildman–Crippen LogP) is 3.92. The van der Waals surface area contributed by atoms with E-state index in [0.29, 0.717) is 25.2 Å². The van der Waals surface area contributed by atoms with Crippen LogP contribution in [0.15, 0.2) is 17.1 Å². The molecular formula is C25H43N4O8PS. The zero-order chi connectivity index (χ0) is 29.1. The highest BCUT2D eigenvalue weighted by molar-refractivity contribution is 8.13. The molecule has 0 spiro atoms. The Morgan fingerprint density at radius 1 is 1.23 bits per heavy atom. The number of amides is 1. The number of hydrogen-bond donors (Lipinski definition) is 1. The molecule has 0 radical (unpaired) electrons. The van der Waals surface area contributed by atoms with Gasteiger partial charge in [-0.3, -0.25) is 18.7 Å². The SMILES string of the molecule is CCC(=O)SCCOCOP(OC1[C@@H](CC)O[C@@H](n2ccc(NC(C)=O)nc2=O)[C@H]1OC)N(C(C)C)C(C)C. The molecule has 0 bridgehead atoms. The molecule has 1 aliphatic rings. The first-order valence-electron chi connectivity index (χ1n) is 13.2. The molecule has 12 nitrogen and oxygen atoms in total. The number of nitrogens with zero attached hydrogens (tertiary/aromatic N) is 3. The number of anilines is 1. The average molecular weight is 591 g/mol. The molecule has 1 fully saturated rings. The molecule has 0 aliphatic carbocycles. The second-order valence-corrected chi connectivity index (χ2v) is 12.0. The van der Waals surface area contributed by atoms with Crippen LogP contribution in [0.3, 0.4) is 0 Å². The van der Waals surface area contributed by atoms with Crippen LogP contribution in [0.2, 0.25) is 0 Å². The minimum atomic E-state index is -1.60. The van der Waals surface area contributed by atoms with Crippen molar-refractivity contribution in [3.8, 4) is 0 Å². The van der Waals surface area contributed by atoms with E-state index in [0.717, 1.165) is 0 Å². The molecule has 5 atom stereocenters. The van der Waals surface area contributed by atoms with Gasteiger partial charge in [0.05, 0.1) is 12.7 Å². The molecule has 39 heavy (non-hydrogen) atoms. The van der Waals surface area contributed by atoms with E-state index in [2.05, 4.69) is 42.7 Å². The zero-order valence-corrected chi connectivity index (χ0v) is 25.8. The maximum Gasteiger partial charge on any atom is 0.351 e. The van der Waals surface area contributed by atoms with E-state index < -0.39 is 32.7 Å². The largest absolute Gasteiger partial charge is 0.374 e. The van der Waals surface area contributed by atoms with Crippen molar-refractivity contribution in [3.05, 3.63) is 22.7 Å². The summed E-state index contributed by atoms with van der Waals surface area (Å²) in [7, 11) is -0.0564. The number of thioether (sulfide) groups is 1. The summed E-state index contributed by atoms with van der Waals surface area (Å²) in [5, 5.41) is 2.63. The van der Waals surface area contributed by atoms with Crippen LogP contribution in [0.4, 0.5) is 5.82 Å². The lowest BCUT2D eigenvalue weighted by atomic mass is 10.1. The lowest BCUT2D eigenvalue weighted by Crippen LogP contribution is -2.40. The summed E-state index contributed by atoms with van der Waals surface area (Å²) in [6, 6.07) is 1.76. The maximum atomic E-state index is 12.8. The standard InChI is InChI=1S/C25H43N4O8PS/c1-9-19-22(23(33-8)24(36-19)28-12-11-20(26-18(7)30)27-25(28)32)37-38(29(16(3)4)17(5)6)35-15-34-13-14-39-21(31)10-2/h11-12,16-17,19,22-24H,9-10,13-15H2,1-8H3,(H,26,27,30,32)/t19-,22?,23+,24-,38?/m1/s1. The highest BCUT2D eigenvalue weighted by atomic mass is 32.2. The van der Waals surface area contributed by atoms with Gasteiger partial charge in [0.1, 0.15) is 18.0 Å². The van der Waals surface area contributed by atoms with Crippen LogP contribution >= 0.6 is 20.3 Å². The fraction of sp³-hybridized carbons (Fsp3) is 0.760. The number of carbonyl (C=O) groups is 2. The number of rotatable bonds is 16. The zero-order valence-electron chi connectivity index (χ0n) is 24.1. The highest BCUT2D eigenvalue weighted by Crippen LogP contribution is 2.50. The molecule has 1 aromatic rings. The molecular weight excluding hydrogens is 547 g/mol. The third-order valence-electron chi connectivity index (χ3n) is 5.85. The number of nitrogens with one attached hydrogen (secondary N) is 1. The van der Waals surface area contributed by atoms with Gasteiger partial charge in [0.15, 0.2) is 18.1 Å². The van der Waals surface area contributed by atoms with Gasteiger partial charge >= 0.3 is 5.69 Å². The van der Waals surface area contributed by atoms with E-state index in [9.17, 15) is 14.4 Å². The van der Waals surface area contributed by atoms with Gasteiger partial charge in [0.2, 0.25) is 5.91 Å². The molecule has 2 unspecified atom stereocenters. The summed E-state index contributed by atoms with van der Waals surface area (Å²) in [6.07, 6.45) is 0.277. The number of carbonyl (C=O) groups excluding carboxylic acids is 2. The number of methoxy groups -OCH3 is 1. The van der Waals surface area contributed by atoms with Crippen molar-refractivity contribution in [3.63, 3.8) is 0 Å². The minimum Gasteiger partial charge on any atom is -0.374 e. The summed E-state index contributed by atoms with van der Waals surface area (Å²) < 4.78 is 34.0. The number of ether oxygens (including phenoxy) is 3. The minimum absolute atomic E-state index is 0.00194. The Morgan fingerprint density at radius 3 is 2.46 bits per heavy atom. The number of aromatic nitrogens is 2. The maximum absolute atomic E-state index is 12.8. The Kier molecular flexibility index (Phi) is 14.5. The quantitative estimate of drug-likeness (QED) is 0.171. The van der Waals surface area contributed by atoms with Crippen LogP contribution in [-0.4, -0.2) is 81.9 Å². The van der Waals surface area contributed by atoms with E-state index in [1.54, 1.807) is 7.11 Å². The Balaban J connectivity index is 2.22. The molecule has 1 aromatic heterocycles. The van der Waals surface area contributed by atoms with Crippen molar-refractivity contribution in [2.24, 2.45) is 0 Å². The van der Waals surface area contributed by atoms with E-state index in [4.69, 9.17) is 23.3 Å². The van der Waals surface area contributed by atoms with Crippen molar-refractivity contribution in [1.29, 1.82) is 0 Å². The Hall–Kier alpha value is -1.44. The molecule has 14 heteroatoms. The second kappa shape index (κ2) is 16.7. The summed E-state index contributed by atoms with van der Waals surface area (Å²) in [5.74, 6) is 0.393. The van der Waals surface area contributed by atoms with E-state index in [-0.39, 0.29) is 41.8 Å². The lowest BCUT2D eigenvalue weighted by molar-refractivity contribution is -0.114. The Labute approximate surface area is 236 Å². The topological polar surface area (TPSA) is 130 Å². The average Bonchev–Trinajstić information content (AvgIpc) is 3.21. The van der Waals surface area contributed by atoms with Crippen LogP contribution in [0.5, 0.6) is 0 Å². The van der Waals surface area contributed by atoms with Crippen LogP contribution in [0, 0.1) is 0 Å². The van der Waals surface area contributed by atoms with Crippen LogP contribution in [-0.2, 0) is 32.8 Å². The molecule has 222 valence electrons. The van der Waals surface area contributed by atoms with Gasteiger partial charge in [0, 0.05) is 44.5 Å². The Morgan fingerprint density at radius 2 is 1.92 bits per heavy atom. The van der Waals surface area contributed by atoms with E-state index in [1.807, 2.05) is 13.8 Å². The van der Waals surface area contributed by atoms with Crippen molar-refractivity contribution in [2.75, 3.05) is 31.6 Å². The smallest absolute Gasteiger partial charge is 0.351 e. The third-order valence-corrected chi connectivity index (χ3v) is 8.89. The first-order valence-corrected chi connectivity index (χ1v) is 15.3. The van der Waals surface area contributed by atoms with Gasteiger partial charge in [-0.05, 0) is 40.2 Å². The molecule has 1 amide bonds. The molecule has 1 saturated heterocycles. The van der Waals surface area contributed by atoms with Crippen LogP contribution in [0.1, 0.15) is 67.5 Å². The second-order valence-electron chi connectivity index (χ2n) is 9.46. The summed E-state index contributed by atoms with van der Waals surface area (Å²) in [6.45, 7) is 13.8. The monoisotopic (exact) mass is 590 g/mol. The summed E-state index contributed by atoms with van der Waals surface area (Å²) in [4.78, 5) is 39.6. The molecule has 0 aromatic carbocycles. The first kappa shape index (κ1) is 33.8. The van der Waals surface area contributed by atoms with Gasteiger partial charge in [-0.2, -0.15) is 4.98 Å². The highest BCUT2D eigenvalue weighted by Gasteiger charge is 2.48. The van der Waals surface area contributed by atoms with Gasteiger partial charge in [-0.15, -0.1) is 0 Å². The fourth-order valence-electron chi connectivity index (χ4n) is 4.18. The van der Waals surface area contributed by atoms with Crippen molar-refractivity contribution >= 4 is 37.1 Å². The van der Waals surface area contributed by atoms with Crippen LogP contribution in [0.25, 0.3) is 0 Å². The van der Waals surface area contributed by atoms with Gasteiger partial charge < -0.3 is 24.1 Å². The Bertz CT molecular complexity index is 974. The summed E-state index contributed by atoms with van der Waals surface area (Å²) >= 11 is 1.24. The summed E-state index contributed by atoms with van der Waals surface area (Å²) in [5.41, 5.74) is -0.582. The van der Waals surface area contributed by atoms with Crippen molar-refractivity contribution in [1.82, 2.24) is 14.2 Å². The van der Waals surface area contributed by atoms with Crippen molar-refractivity contribution < 1.29 is 32.8 Å². The van der Waals surface area contributed by atoms with Crippen LogP contribution < -0.4 is 11.0 Å². The number of hydrogen-bond acceptors (Lipinski definition) is 11. The predicted molar refractivity (Wildman–Crippen MR) is 151 cm³/mol. The fourth-order valence-corrected chi connectivity index (χ4v) is 6.50. The normalized spacial score (nSPS) is 22.1. The lowest BCUT2D eigenvalue weighted by Gasteiger charge is -2.38. The first-order chi connectivity index (χ1) is 18.5. The van der Waals surface area contributed by atoms with Gasteiger partial charge in [-0.25, -0.2) is 9.46 Å².